The minimum atomic E-state index is -0.389. The van der Waals surface area contributed by atoms with Gasteiger partial charge in [0.15, 0.2) is 0 Å². The summed E-state index contributed by atoms with van der Waals surface area (Å²) in [7, 11) is 0. The maximum Gasteiger partial charge on any atom is 0.224 e. The normalized spacial score (nSPS) is 29.0. The van der Waals surface area contributed by atoms with E-state index in [4.69, 9.17) is 4.74 Å². The van der Waals surface area contributed by atoms with E-state index in [9.17, 15) is 4.79 Å². The summed E-state index contributed by atoms with van der Waals surface area (Å²) in [6.07, 6.45) is 4.21. The number of aromatic nitrogens is 1. The first-order valence-electron chi connectivity index (χ1n) is 8.66. The van der Waals surface area contributed by atoms with Gasteiger partial charge >= 0.3 is 0 Å². The number of fused-ring (bicyclic) bond motifs is 1. The average Bonchev–Trinajstić information content (AvgIpc) is 3.43. The van der Waals surface area contributed by atoms with Gasteiger partial charge in [0.1, 0.15) is 6.61 Å². The second-order valence-corrected chi connectivity index (χ2v) is 7.85. The monoisotopic (exact) mass is 315 g/mol. The van der Waals surface area contributed by atoms with E-state index in [0.717, 1.165) is 19.0 Å². The van der Waals surface area contributed by atoms with Crippen LogP contribution in [0.1, 0.15) is 38.2 Å². The van der Waals surface area contributed by atoms with Crippen LogP contribution in [0, 0.1) is 17.8 Å². The molecule has 2 atom stereocenters. The van der Waals surface area contributed by atoms with Gasteiger partial charge in [-0.15, -0.1) is 0 Å². The molecule has 2 saturated carbocycles. The van der Waals surface area contributed by atoms with Crippen molar-refractivity contribution >= 4 is 5.91 Å². The predicted molar refractivity (Wildman–Crippen MR) is 87.3 cm³/mol. The van der Waals surface area contributed by atoms with Crippen molar-refractivity contribution in [1.82, 2.24) is 15.6 Å². The third-order valence-corrected chi connectivity index (χ3v) is 5.24. The maximum atomic E-state index is 12.4. The first kappa shape index (κ1) is 14.9. The molecule has 0 aromatic carbocycles. The molecule has 2 aliphatic carbocycles. The highest BCUT2D eigenvalue weighted by Gasteiger charge is 2.57. The van der Waals surface area contributed by atoms with Gasteiger partial charge in [0.2, 0.25) is 11.8 Å². The Bertz CT molecular complexity index is 602. The zero-order valence-electron chi connectivity index (χ0n) is 13.8. The predicted octanol–water partition coefficient (Wildman–Crippen LogP) is 1.70. The first-order valence-corrected chi connectivity index (χ1v) is 8.66. The summed E-state index contributed by atoms with van der Waals surface area (Å²) in [4.78, 5) is 16.8. The highest BCUT2D eigenvalue weighted by molar-refractivity contribution is 5.83. The lowest BCUT2D eigenvalue weighted by molar-refractivity contribution is -0.125. The lowest BCUT2D eigenvalue weighted by atomic mass is 10.1. The second kappa shape index (κ2) is 5.48. The Hall–Kier alpha value is -1.62. The molecule has 2 unspecified atom stereocenters. The second-order valence-electron chi connectivity index (χ2n) is 7.85. The van der Waals surface area contributed by atoms with Gasteiger partial charge in [0.05, 0.1) is 5.54 Å². The molecule has 1 aromatic rings. The van der Waals surface area contributed by atoms with E-state index in [1.807, 2.05) is 19.9 Å². The van der Waals surface area contributed by atoms with Crippen LogP contribution in [0.15, 0.2) is 18.3 Å². The van der Waals surface area contributed by atoms with E-state index in [-0.39, 0.29) is 17.4 Å². The summed E-state index contributed by atoms with van der Waals surface area (Å²) in [6.45, 7) is 6.44. The fourth-order valence-electron chi connectivity index (χ4n) is 3.74. The molecule has 0 bridgehead atoms. The fraction of sp³-hybridized carbons (Fsp3) is 0.667. The van der Waals surface area contributed by atoms with E-state index in [1.165, 1.54) is 18.4 Å². The summed E-state index contributed by atoms with van der Waals surface area (Å²) in [5, 5.41) is 6.49. The summed E-state index contributed by atoms with van der Waals surface area (Å²) in [5.41, 5.74) is 0.817. The number of hydrogen-bond acceptors (Lipinski definition) is 4. The molecule has 1 amide bonds. The summed E-state index contributed by atoms with van der Waals surface area (Å²) < 4.78 is 5.96. The molecule has 0 spiro atoms. The number of nitrogens with one attached hydrogen (secondary N) is 2. The van der Waals surface area contributed by atoms with E-state index >= 15 is 0 Å². The van der Waals surface area contributed by atoms with Crippen LogP contribution in [0.4, 0.5) is 0 Å². The average molecular weight is 315 g/mol. The molecular formula is C18H25N3O2. The third-order valence-electron chi connectivity index (χ3n) is 5.24. The zero-order chi connectivity index (χ0) is 16.0. The number of ether oxygens (including phenoxy) is 1. The number of amides is 1. The summed E-state index contributed by atoms with van der Waals surface area (Å²) >= 11 is 0. The first-order chi connectivity index (χ1) is 11.1. The lowest BCUT2D eigenvalue weighted by Crippen LogP contribution is -2.49. The smallest absolute Gasteiger partial charge is 0.224 e. The van der Waals surface area contributed by atoms with Crippen LogP contribution in [0.3, 0.4) is 0 Å². The van der Waals surface area contributed by atoms with Crippen molar-refractivity contribution in [2.75, 3.05) is 19.7 Å². The zero-order valence-corrected chi connectivity index (χ0v) is 13.8. The van der Waals surface area contributed by atoms with Crippen LogP contribution < -0.4 is 15.4 Å². The van der Waals surface area contributed by atoms with Crippen molar-refractivity contribution in [2.45, 2.75) is 38.1 Å². The lowest BCUT2D eigenvalue weighted by Gasteiger charge is -2.27. The van der Waals surface area contributed by atoms with Gasteiger partial charge < -0.3 is 15.4 Å². The molecule has 1 aliphatic heterocycles. The highest BCUT2D eigenvalue weighted by Crippen LogP contribution is 2.48. The molecule has 3 aliphatic rings. The minimum Gasteiger partial charge on any atom is -0.475 e. The topological polar surface area (TPSA) is 63.2 Å². The molecule has 5 nitrogen and oxygen atoms in total. The van der Waals surface area contributed by atoms with E-state index in [1.54, 1.807) is 6.20 Å². The number of rotatable bonds is 6. The van der Waals surface area contributed by atoms with E-state index < -0.39 is 0 Å². The Balaban J connectivity index is 1.33. The quantitative estimate of drug-likeness (QED) is 0.839. The van der Waals surface area contributed by atoms with Crippen LogP contribution in [0.2, 0.25) is 0 Å². The largest absolute Gasteiger partial charge is 0.475 e. The molecule has 2 N–H and O–H groups in total. The Labute approximate surface area is 137 Å². The Morgan fingerprint density at radius 2 is 2.13 bits per heavy atom. The Morgan fingerprint density at radius 3 is 2.83 bits per heavy atom. The van der Waals surface area contributed by atoms with Gasteiger partial charge in [-0.2, -0.15) is 0 Å². The van der Waals surface area contributed by atoms with Crippen LogP contribution >= 0.6 is 0 Å². The molecule has 1 saturated heterocycles. The molecule has 3 fully saturated rings. The molecule has 4 rings (SSSR count). The summed E-state index contributed by atoms with van der Waals surface area (Å²) in [6, 6.07) is 4.07. The minimum absolute atomic E-state index is 0.179. The number of piperidine rings is 1. The number of nitrogens with zero attached hydrogens (tertiary/aromatic N) is 1. The van der Waals surface area contributed by atoms with Crippen LogP contribution in [0.5, 0.6) is 5.88 Å². The van der Waals surface area contributed by atoms with Gasteiger partial charge in [-0.3, -0.25) is 4.79 Å². The van der Waals surface area contributed by atoms with Gasteiger partial charge in [-0.05, 0) is 63.6 Å². The summed E-state index contributed by atoms with van der Waals surface area (Å²) in [5.74, 6) is 2.80. The van der Waals surface area contributed by atoms with Gasteiger partial charge in [-0.25, -0.2) is 4.98 Å². The molecule has 1 aromatic heterocycles. The van der Waals surface area contributed by atoms with Crippen molar-refractivity contribution in [2.24, 2.45) is 17.8 Å². The van der Waals surface area contributed by atoms with Crippen LogP contribution in [0.25, 0.3) is 0 Å². The fourth-order valence-corrected chi connectivity index (χ4v) is 3.74. The van der Waals surface area contributed by atoms with Gasteiger partial charge in [0, 0.05) is 17.7 Å². The van der Waals surface area contributed by atoms with Crippen molar-refractivity contribution in [1.29, 1.82) is 0 Å². The van der Waals surface area contributed by atoms with Crippen LogP contribution in [-0.2, 0) is 4.79 Å². The van der Waals surface area contributed by atoms with Crippen molar-refractivity contribution in [3.8, 4) is 5.88 Å². The molecule has 23 heavy (non-hydrogen) atoms. The van der Waals surface area contributed by atoms with Crippen molar-refractivity contribution in [3.63, 3.8) is 0 Å². The Morgan fingerprint density at radius 1 is 1.39 bits per heavy atom. The SMILES string of the molecule is CC(C)(COc1ncccc1C1CC1)NC(=O)C1C2CNCC21. The molecule has 5 heteroatoms. The van der Waals surface area contributed by atoms with Crippen LogP contribution in [-0.4, -0.2) is 36.1 Å². The van der Waals surface area contributed by atoms with Crippen molar-refractivity contribution < 1.29 is 9.53 Å². The third kappa shape index (κ3) is 3.07. The maximum absolute atomic E-state index is 12.4. The molecule has 0 radical (unpaired) electrons. The highest BCUT2D eigenvalue weighted by atomic mass is 16.5. The van der Waals surface area contributed by atoms with Gasteiger partial charge in [-0.1, -0.05) is 6.07 Å². The number of pyridine rings is 1. The number of carbonyl (C=O) groups excluding carboxylic acids is 1. The molecular weight excluding hydrogens is 290 g/mol. The van der Waals surface area contributed by atoms with Gasteiger partial charge in [0.25, 0.3) is 0 Å². The molecule has 124 valence electrons. The standard InChI is InChI=1S/C18H25N3O2/c1-18(2,21-16(22)15-13-8-19-9-14(13)15)10-23-17-12(11-5-6-11)4-3-7-20-17/h3-4,7,11,13-15,19H,5-6,8-10H2,1-2H3,(H,21,22). The number of hydrogen-bond donors (Lipinski definition) is 2. The van der Waals surface area contributed by atoms with E-state index in [2.05, 4.69) is 21.7 Å². The number of carbonyl (C=O) groups is 1. The van der Waals surface area contributed by atoms with E-state index in [0.29, 0.717) is 24.4 Å². The molecule has 2 heterocycles. The van der Waals surface area contributed by atoms with Crippen molar-refractivity contribution in [3.05, 3.63) is 23.9 Å². The Kier molecular flexibility index (Phi) is 3.56.